The molecule has 0 aromatic carbocycles. The van der Waals surface area contributed by atoms with Gasteiger partial charge in [-0.05, 0) is 24.7 Å². The van der Waals surface area contributed by atoms with E-state index in [1.54, 1.807) is 0 Å². The van der Waals surface area contributed by atoms with Gasteiger partial charge in [0, 0.05) is 13.0 Å². The van der Waals surface area contributed by atoms with E-state index in [-0.39, 0.29) is 11.4 Å². The van der Waals surface area contributed by atoms with Crippen molar-refractivity contribution in [2.24, 2.45) is 17.6 Å². The molecule has 0 aliphatic heterocycles. The lowest BCUT2D eigenvalue weighted by Crippen LogP contribution is -2.52. The van der Waals surface area contributed by atoms with Crippen LogP contribution in [0.4, 0.5) is 0 Å². The fourth-order valence-electron chi connectivity index (χ4n) is 3.94. The van der Waals surface area contributed by atoms with Crippen LogP contribution in [0.1, 0.15) is 71.1 Å². The zero-order valence-corrected chi connectivity index (χ0v) is 12.4. The first-order chi connectivity index (χ1) is 9.15. The van der Waals surface area contributed by atoms with Crippen LogP contribution in [-0.2, 0) is 4.79 Å². The van der Waals surface area contributed by atoms with Crippen molar-refractivity contribution in [3.63, 3.8) is 0 Å². The summed E-state index contributed by atoms with van der Waals surface area (Å²) in [5.41, 5.74) is 5.80. The third kappa shape index (κ3) is 3.95. The molecular formula is C16H30N2O. The molecule has 0 spiro atoms. The largest absolute Gasteiger partial charge is 0.349 e. The van der Waals surface area contributed by atoms with Crippen LogP contribution < -0.4 is 11.1 Å². The third-order valence-electron chi connectivity index (χ3n) is 5.32. The maximum absolute atomic E-state index is 12.2. The summed E-state index contributed by atoms with van der Waals surface area (Å²) in [6.07, 6.45) is 11.9. The van der Waals surface area contributed by atoms with Crippen molar-refractivity contribution in [3.05, 3.63) is 0 Å². The average Bonchev–Trinajstić information content (AvgIpc) is 2.88. The highest BCUT2D eigenvalue weighted by Gasteiger charge is 2.34. The Morgan fingerprint density at radius 2 is 1.84 bits per heavy atom. The molecule has 2 aliphatic rings. The Morgan fingerprint density at radius 1 is 1.21 bits per heavy atom. The summed E-state index contributed by atoms with van der Waals surface area (Å²) in [7, 11) is 0. The fourth-order valence-corrected chi connectivity index (χ4v) is 3.94. The summed E-state index contributed by atoms with van der Waals surface area (Å²) in [5, 5.41) is 3.25. The predicted molar refractivity (Wildman–Crippen MR) is 78.8 cm³/mol. The highest BCUT2D eigenvalue weighted by atomic mass is 16.1. The van der Waals surface area contributed by atoms with Gasteiger partial charge in [-0.15, -0.1) is 0 Å². The minimum atomic E-state index is -0.0800. The molecule has 1 atom stereocenters. The molecule has 0 aromatic heterocycles. The second-order valence-corrected chi connectivity index (χ2v) is 6.82. The van der Waals surface area contributed by atoms with E-state index < -0.39 is 0 Å². The zero-order valence-electron chi connectivity index (χ0n) is 12.4. The standard InChI is InChI=1S/C16H30N2O/c1-13(14-7-3-2-4-8-14)11-15(19)18-16(12-17)9-5-6-10-16/h13-14H,2-12,17H2,1H3,(H,18,19). The summed E-state index contributed by atoms with van der Waals surface area (Å²) in [4.78, 5) is 12.2. The fraction of sp³-hybridized carbons (Fsp3) is 0.938. The van der Waals surface area contributed by atoms with Gasteiger partial charge in [-0.25, -0.2) is 0 Å². The predicted octanol–water partition coefficient (Wildman–Crippen LogP) is 2.98. The van der Waals surface area contributed by atoms with Gasteiger partial charge in [-0.3, -0.25) is 4.79 Å². The molecule has 3 heteroatoms. The first kappa shape index (κ1) is 14.8. The van der Waals surface area contributed by atoms with Crippen molar-refractivity contribution < 1.29 is 4.79 Å². The van der Waals surface area contributed by atoms with Crippen molar-refractivity contribution >= 4 is 5.91 Å². The topological polar surface area (TPSA) is 55.1 Å². The van der Waals surface area contributed by atoms with Crippen molar-refractivity contribution in [2.75, 3.05) is 6.54 Å². The quantitative estimate of drug-likeness (QED) is 0.803. The maximum atomic E-state index is 12.2. The molecule has 110 valence electrons. The number of carbonyl (C=O) groups is 1. The molecule has 0 radical (unpaired) electrons. The zero-order chi connectivity index (χ0) is 13.7. The monoisotopic (exact) mass is 266 g/mol. The molecule has 0 heterocycles. The van der Waals surface area contributed by atoms with Gasteiger partial charge < -0.3 is 11.1 Å². The Hall–Kier alpha value is -0.570. The van der Waals surface area contributed by atoms with Crippen molar-refractivity contribution in [2.45, 2.75) is 76.7 Å². The number of hydrogen-bond donors (Lipinski definition) is 2. The molecule has 1 amide bonds. The van der Waals surface area contributed by atoms with Crippen molar-refractivity contribution in [1.82, 2.24) is 5.32 Å². The Balaban J connectivity index is 1.79. The lowest BCUT2D eigenvalue weighted by molar-refractivity contribution is -0.124. The Bertz CT molecular complexity index is 291. The minimum Gasteiger partial charge on any atom is -0.349 e. The lowest BCUT2D eigenvalue weighted by atomic mass is 9.79. The number of hydrogen-bond acceptors (Lipinski definition) is 2. The van der Waals surface area contributed by atoms with Gasteiger partial charge in [-0.2, -0.15) is 0 Å². The van der Waals surface area contributed by atoms with Gasteiger partial charge in [0.1, 0.15) is 0 Å². The van der Waals surface area contributed by atoms with Gasteiger partial charge in [-0.1, -0.05) is 51.9 Å². The minimum absolute atomic E-state index is 0.0800. The van der Waals surface area contributed by atoms with Crippen LogP contribution in [0.25, 0.3) is 0 Å². The highest BCUT2D eigenvalue weighted by molar-refractivity contribution is 5.77. The number of amides is 1. The Kier molecular flexibility index (Phi) is 5.26. The van der Waals surface area contributed by atoms with Crippen LogP contribution in [0.5, 0.6) is 0 Å². The van der Waals surface area contributed by atoms with Crippen LogP contribution in [0.15, 0.2) is 0 Å². The molecule has 19 heavy (non-hydrogen) atoms. The molecule has 0 bridgehead atoms. The summed E-state index contributed by atoms with van der Waals surface area (Å²) in [6, 6.07) is 0. The van der Waals surface area contributed by atoms with E-state index in [0.717, 1.165) is 18.8 Å². The second kappa shape index (κ2) is 6.74. The van der Waals surface area contributed by atoms with Gasteiger partial charge in [0.25, 0.3) is 0 Å². The van der Waals surface area contributed by atoms with E-state index in [4.69, 9.17) is 5.73 Å². The first-order valence-electron chi connectivity index (χ1n) is 8.16. The van der Waals surface area contributed by atoms with Crippen molar-refractivity contribution in [3.8, 4) is 0 Å². The molecule has 3 N–H and O–H groups in total. The van der Waals surface area contributed by atoms with Crippen molar-refractivity contribution in [1.29, 1.82) is 0 Å². The number of rotatable bonds is 5. The highest BCUT2D eigenvalue weighted by Crippen LogP contribution is 2.32. The maximum Gasteiger partial charge on any atom is 0.220 e. The van der Waals surface area contributed by atoms with E-state index in [1.165, 1.54) is 44.9 Å². The lowest BCUT2D eigenvalue weighted by Gasteiger charge is -2.31. The first-order valence-corrected chi connectivity index (χ1v) is 8.16. The van der Waals surface area contributed by atoms with E-state index in [2.05, 4.69) is 12.2 Å². The SMILES string of the molecule is CC(CC(=O)NC1(CN)CCCC1)C1CCCCC1. The molecule has 2 fully saturated rings. The molecule has 2 rings (SSSR count). The summed E-state index contributed by atoms with van der Waals surface area (Å²) in [6.45, 7) is 2.84. The average molecular weight is 266 g/mol. The van der Waals surface area contributed by atoms with Crippen LogP contribution in [-0.4, -0.2) is 18.0 Å². The molecule has 2 saturated carbocycles. The Morgan fingerprint density at radius 3 is 2.42 bits per heavy atom. The second-order valence-electron chi connectivity index (χ2n) is 6.82. The van der Waals surface area contributed by atoms with E-state index in [9.17, 15) is 4.79 Å². The number of carbonyl (C=O) groups excluding carboxylic acids is 1. The smallest absolute Gasteiger partial charge is 0.220 e. The van der Waals surface area contributed by atoms with Crippen LogP contribution >= 0.6 is 0 Å². The van der Waals surface area contributed by atoms with E-state index >= 15 is 0 Å². The summed E-state index contributed by atoms with van der Waals surface area (Å²) >= 11 is 0. The van der Waals surface area contributed by atoms with E-state index in [0.29, 0.717) is 18.9 Å². The van der Waals surface area contributed by atoms with Crippen LogP contribution in [0.3, 0.4) is 0 Å². The molecule has 1 unspecified atom stereocenters. The third-order valence-corrected chi connectivity index (χ3v) is 5.32. The number of nitrogens with two attached hydrogens (primary N) is 1. The van der Waals surface area contributed by atoms with Gasteiger partial charge in [0.2, 0.25) is 5.91 Å². The molecule has 0 aromatic rings. The summed E-state index contributed by atoms with van der Waals surface area (Å²) in [5.74, 6) is 1.51. The molecular weight excluding hydrogens is 236 g/mol. The van der Waals surface area contributed by atoms with Crippen LogP contribution in [0.2, 0.25) is 0 Å². The van der Waals surface area contributed by atoms with Gasteiger partial charge >= 0.3 is 0 Å². The van der Waals surface area contributed by atoms with Gasteiger partial charge in [0.15, 0.2) is 0 Å². The normalized spacial score (nSPS) is 25.2. The Labute approximate surface area is 117 Å². The van der Waals surface area contributed by atoms with E-state index in [1.807, 2.05) is 0 Å². The summed E-state index contributed by atoms with van der Waals surface area (Å²) < 4.78 is 0. The van der Waals surface area contributed by atoms with Crippen LogP contribution in [0, 0.1) is 11.8 Å². The number of nitrogens with one attached hydrogen (secondary N) is 1. The molecule has 0 saturated heterocycles. The van der Waals surface area contributed by atoms with Gasteiger partial charge in [0.05, 0.1) is 5.54 Å². The molecule has 3 nitrogen and oxygen atoms in total. The molecule has 2 aliphatic carbocycles.